The van der Waals surface area contributed by atoms with Gasteiger partial charge in [-0.05, 0) is 31.7 Å². The van der Waals surface area contributed by atoms with Crippen LogP contribution in [-0.4, -0.2) is 50.0 Å². The smallest absolute Gasteiger partial charge is 0.0503 e. The van der Waals surface area contributed by atoms with E-state index < -0.39 is 0 Å². The maximum absolute atomic E-state index is 9.59. The van der Waals surface area contributed by atoms with E-state index >= 15 is 0 Å². The summed E-state index contributed by atoms with van der Waals surface area (Å²) in [4.78, 5) is 2.53. The van der Waals surface area contributed by atoms with Crippen molar-refractivity contribution in [3.8, 4) is 0 Å². The van der Waals surface area contributed by atoms with Crippen LogP contribution < -0.4 is 0 Å². The van der Waals surface area contributed by atoms with Crippen LogP contribution in [0.2, 0.25) is 0 Å². The zero-order valence-corrected chi connectivity index (χ0v) is 10.5. The highest BCUT2D eigenvalue weighted by molar-refractivity contribution is 4.89. The van der Waals surface area contributed by atoms with Gasteiger partial charge in [0.15, 0.2) is 0 Å². The van der Waals surface area contributed by atoms with Crippen LogP contribution in [0.3, 0.4) is 0 Å². The number of hydrogen-bond donors (Lipinski definition) is 1. The van der Waals surface area contributed by atoms with E-state index in [0.29, 0.717) is 12.5 Å². The molecule has 0 aromatic carbocycles. The van der Waals surface area contributed by atoms with Crippen LogP contribution in [0.1, 0.15) is 32.1 Å². The Morgan fingerprint density at radius 1 is 1.38 bits per heavy atom. The van der Waals surface area contributed by atoms with E-state index in [0.717, 1.165) is 19.7 Å². The predicted molar refractivity (Wildman–Crippen MR) is 64.4 cm³/mol. The summed E-state index contributed by atoms with van der Waals surface area (Å²) in [6.07, 6.45) is 6.30. The first-order valence-electron chi connectivity index (χ1n) is 6.60. The summed E-state index contributed by atoms with van der Waals surface area (Å²) in [5.41, 5.74) is 0.224. The van der Waals surface area contributed by atoms with Crippen LogP contribution in [0.25, 0.3) is 0 Å². The minimum atomic E-state index is 0.224. The Hall–Kier alpha value is -0.120. The lowest BCUT2D eigenvalue weighted by atomic mass is 9.86. The molecule has 1 unspecified atom stereocenters. The minimum Gasteiger partial charge on any atom is -0.396 e. The summed E-state index contributed by atoms with van der Waals surface area (Å²) >= 11 is 0. The quantitative estimate of drug-likeness (QED) is 0.772. The average molecular weight is 227 g/mol. The van der Waals surface area contributed by atoms with Crippen molar-refractivity contribution in [1.82, 2.24) is 4.90 Å². The van der Waals surface area contributed by atoms with Crippen molar-refractivity contribution in [3.63, 3.8) is 0 Å². The van der Waals surface area contributed by atoms with Crippen LogP contribution >= 0.6 is 0 Å². The van der Waals surface area contributed by atoms with Crippen molar-refractivity contribution in [2.75, 3.05) is 40.0 Å². The molecule has 2 aliphatic rings. The van der Waals surface area contributed by atoms with Gasteiger partial charge in [0.05, 0.1) is 6.61 Å². The second kappa shape index (κ2) is 5.48. The number of aliphatic hydroxyl groups excluding tert-OH is 1. The molecule has 1 aliphatic carbocycles. The summed E-state index contributed by atoms with van der Waals surface area (Å²) in [6.45, 7) is 4.72. The van der Waals surface area contributed by atoms with Gasteiger partial charge < -0.3 is 14.7 Å². The highest BCUT2D eigenvalue weighted by atomic mass is 16.5. The fraction of sp³-hybridized carbons (Fsp3) is 1.00. The molecule has 0 aromatic heterocycles. The van der Waals surface area contributed by atoms with E-state index in [1.807, 2.05) is 0 Å². The molecule has 1 heterocycles. The third-order valence-corrected chi connectivity index (χ3v) is 4.33. The number of nitrogens with zero attached hydrogens (tertiary/aromatic N) is 1. The Bertz CT molecular complexity index is 214. The third-order valence-electron chi connectivity index (χ3n) is 4.33. The number of hydrogen-bond acceptors (Lipinski definition) is 3. The van der Waals surface area contributed by atoms with Crippen LogP contribution in [0.4, 0.5) is 0 Å². The number of likely N-dealkylation sites (tertiary alicyclic amines) is 1. The molecule has 1 aliphatic heterocycles. The van der Waals surface area contributed by atoms with Gasteiger partial charge in [0, 0.05) is 32.2 Å². The molecule has 1 saturated heterocycles. The number of methoxy groups -OCH3 is 1. The molecule has 2 rings (SSSR count). The molecule has 3 nitrogen and oxygen atoms in total. The molecule has 1 N–H and O–H groups in total. The molecule has 1 atom stereocenters. The van der Waals surface area contributed by atoms with Crippen LogP contribution in [-0.2, 0) is 4.74 Å². The molecule has 0 amide bonds. The van der Waals surface area contributed by atoms with Gasteiger partial charge in [-0.25, -0.2) is 0 Å². The second-order valence-electron chi connectivity index (χ2n) is 5.71. The highest BCUT2D eigenvalue weighted by Crippen LogP contribution is 2.39. The summed E-state index contributed by atoms with van der Waals surface area (Å²) in [5.74, 6) is 0.710. The van der Waals surface area contributed by atoms with E-state index in [-0.39, 0.29) is 5.41 Å². The summed E-state index contributed by atoms with van der Waals surface area (Å²) in [7, 11) is 1.79. The molecule has 2 fully saturated rings. The minimum absolute atomic E-state index is 0.224. The van der Waals surface area contributed by atoms with Crippen molar-refractivity contribution >= 4 is 0 Å². The lowest BCUT2D eigenvalue weighted by molar-refractivity contribution is 0.0832. The Labute approximate surface area is 98.8 Å². The average Bonchev–Trinajstić information content (AvgIpc) is 2.90. The molecule has 0 bridgehead atoms. The van der Waals surface area contributed by atoms with Gasteiger partial charge in [-0.15, -0.1) is 0 Å². The standard InChI is InChI=1S/C13H25NO2/c1-16-9-12-4-7-14(8-12)10-13(11-15)5-2-3-6-13/h12,15H,2-11H2,1H3. The zero-order chi connectivity index (χ0) is 11.4. The van der Waals surface area contributed by atoms with Crippen molar-refractivity contribution in [3.05, 3.63) is 0 Å². The monoisotopic (exact) mass is 227 g/mol. The molecule has 0 radical (unpaired) electrons. The topological polar surface area (TPSA) is 32.7 Å². The Morgan fingerprint density at radius 2 is 2.12 bits per heavy atom. The van der Waals surface area contributed by atoms with Crippen molar-refractivity contribution in [2.45, 2.75) is 32.1 Å². The Balaban J connectivity index is 1.81. The molecular weight excluding hydrogens is 202 g/mol. The number of ether oxygens (including phenoxy) is 1. The fourth-order valence-electron chi connectivity index (χ4n) is 3.39. The molecule has 1 saturated carbocycles. The van der Waals surface area contributed by atoms with E-state index in [1.165, 1.54) is 38.6 Å². The van der Waals surface area contributed by atoms with Gasteiger partial charge in [-0.1, -0.05) is 12.8 Å². The van der Waals surface area contributed by atoms with Crippen LogP contribution in [0.5, 0.6) is 0 Å². The van der Waals surface area contributed by atoms with Crippen LogP contribution in [0.15, 0.2) is 0 Å². The van der Waals surface area contributed by atoms with E-state index in [1.54, 1.807) is 7.11 Å². The first kappa shape index (κ1) is 12.3. The molecular formula is C13H25NO2. The summed E-state index contributed by atoms with van der Waals surface area (Å²) in [5, 5.41) is 9.59. The molecule has 16 heavy (non-hydrogen) atoms. The molecule has 0 spiro atoms. The Morgan fingerprint density at radius 3 is 2.75 bits per heavy atom. The summed E-state index contributed by atoms with van der Waals surface area (Å²) in [6, 6.07) is 0. The first-order chi connectivity index (χ1) is 7.78. The molecule has 0 aromatic rings. The van der Waals surface area contributed by atoms with Crippen LogP contribution in [0, 0.1) is 11.3 Å². The van der Waals surface area contributed by atoms with Gasteiger partial charge >= 0.3 is 0 Å². The molecule has 94 valence electrons. The number of rotatable bonds is 5. The van der Waals surface area contributed by atoms with E-state index in [9.17, 15) is 5.11 Å². The normalized spacial score (nSPS) is 30.0. The lowest BCUT2D eigenvalue weighted by Crippen LogP contribution is -2.37. The zero-order valence-electron chi connectivity index (χ0n) is 10.5. The van der Waals surface area contributed by atoms with Crippen molar-refractivity contribution < 1.29 is 9.84 Å². The Kier molecular flexibility index (Phi) is 4.22. The van der Waals surface area contributed by atoms with Gasteiger partial charge in [-0.3, -0.25) is 0 Å². The largest absolute Gasteiger partial charge is 0.396 e. The maximum atomic E-state index is 9.59. The fourth-order valence-corrected chi connectivity index (χ4v) is 3.39. The van der Waals surface area contributed by atoms with Crippen molar-refractivity contribution in [1.29, 1.82) is 0 Å². The van der Waals surface area contributed by atoms with Crippen molar-refractivity contribution in [2.24, 2.45) is 11.3 Å². The number of aliphatic hydroxyl groups is 1. The second-order valence-corrected chi connectivity index (χ2v) is 5.71. The predicted octanol–water partition coefficient (Wildman–Crippen LogP) is 1.51. The van der Waals surface area contributed by atoms with Gasteiger partial charge in [0.25, 0.3) is 0 Å². The van der Waals surface area contributed by atoms with E-state index in [4.69, 9.17) is 4.74 Å². The van der Waals surface area contributed by atoms with Gasteiger partial charge in [-0.2, -0.15) is 0 Å². The third kappa shape index (κ3) is 2.76. The first-order valence-corrected chi connectivity index (χ1v) is 6.60. The SMILES string of the molecule is COCC1CCN(CC2(CO)CCCC2)C1. The molecule has 3 heteroatoms. The van der Waals surface area contributed by atoms with E-state index in [2.05, 4.69) is 4.90 Å². The lowest BCUT2D eigenvalue weighted by Gasteiger charge is -2.31. The van der Waals surface area contributed by atoms with Gasteiger partial charge in [0.2, 0.25) is 0 Å². The highest BCUT2D eigenvalue weighted by Gasteiger charge is 2.36. The summed E-state index contributed by atoms with van der Waals surface area (Å²) < 4.78 is 5.22. The maximum Gasteiger partial charge on any atom is 0.0503 e. The van der Waals surface area contributed by atoms with Gasteiger partial charge in [0.1, 0.15) is 0 Å².